The molecule has 2 rings (SSSR count). The number of rotatable bonds is 6. The van der Waals surface area contributed by atoms with Gasteiger partial charge in [-0.05, 0) is 18.6 Å². The second-order valence-electron chi connectivity index (χ2n) is 5.01. The number of hydrogen-bond donors (Lipinski definition) is 1. The van der Waals surface area contributed by atoms with Crippen LogP contribution in [0.1, 0.15) is 35.7 Å². The molecular formula is C15H20O6. The molecule has 1 atom stereocenters. The summed E-state index contributed by atoms with van der Waals surface area (Å²) < 4.78 is 21.4. The van der Waals surface area contributed by atoms with Gasteiger partial charge in [-0.15, -0.1) is 0 Å². The van der Waals surface area contributed by atoms with Gasteiger partial charge in [0.25, 0.3) is 0 Å². The van der Waals surface area contributed by atoms with Gasteiger partial charge in [-0.3, -0.25) is 0 Å². The predicted octanol–water partition coefficient (Wildman–Crippen LogP) is 2.23. The first-order valence-corrected chi connectivity index (χ1v) is 6.75. The van der Waals surface area contributed by atoms with Crippen molar-refractivity contribution in [3.8, 4) is 5.75 Å². The van der Waals surface area contributed by atoms with Gasteiger partial charge in [0.2, 0.25) is 0 Å². The molecule has 6 heteroatoms. The molecule has 0 radical (unpaired) electrons. The summed E-state index contributed by atoms with van der Waals surface area (Å²) in [6, 6.07) is 5.11. The van der Waals surface area contributed by atoms with Crippen LogP contribution < -0.4 is 4.74 Å². The summed E-state index contributed by atoms with van der Waals surface area (Å²) in [4.78, 5) is 11.6. The Labute approximate surface area is 123 Å². The average Bonchev–Trinajstić information content (AvgIpc) is 2.91. The first-order chi connectivity index (χ1) is 9.99. The molecule has 0 amide bonds. The van der Waals surface area contributed by atoms with Crippen LogP contribution in [0.5, 0.6) is 5.75 Å². The largest absolute Gasteiger partial charge is 0.478 e. The van der Waals surface area contributed by atoms with E-state index in [9.17, 15) is 9.90 Å². The van der Waals surface area contributed by atoms with Crippen molar-refractivity contribution < 1.29 is 28.8 Å². The monoisotopic (exact) mass is 296 g/mol. The molecule has 0 saturated carbocycles. The Morgan fingerprint density at radius 1 is 1.43 bits per heavy atom. The Bertz CT molecular complexity index is 507. The van der Waals surface area contributed by atoms with Gasteiger partial charge >= 0.3 is 5.97 Å². The van der Waals surface area contributed by atoms with E-state index in [1.165, 1.54) is 7.11 Å². The van der Waals surface area contributed by atoms with Crippen LogP contribution in [0.2, 0.25) is 0 Å². The van der Waals surface area contributed by atoms with Gasteiger partial charge in [0.05, 0.1) is 13.2 Å². The highest BCUT2D eigenvalue weighted by molar-refractivity contribution is 5.93. The van der Waals surface area contributed by atoms with Gasteiger partial charge in [0.1, 0.15) is 11.3 Å². The van der Waals surface area contributed by atoms with Gasteiger partial charge < -0.3 is 24.1 Å². The van der Waals surface area contributed by atoms with E-state index in [-0.39, 0.29) is 24.0 Å². The SMILES string of the molecule is COCOc1cccc(C(C)C2(C)OCCO2)c1C(=O)O. The lowest BCUT2D eigenvalue weighted by molar-refractivity contribution is -0.156. The third-order valence-electron chi connectivity index (χ3n) is 3.72. The van der Waals surface area contributed by atoms with Crippen LogP contribution in [0.3, 0.4) is 0 Å². The van der Waals surface area contributed by atoms with Crippen LogP contribution in [0.15, 0.2) is 18.2 Å². The standard InChI is InChI=1S/C15H20O6/c1-10(15(2)20-7-8-21-15)11-5-4-6-12(19-9-18-3)13(11)14(16)17/h4-6,10H,7-9H2,1-3H3,(H,16,17). The molecule has 6 nitrogen and oxygen atoms in total. The summed E-state index contributed by atoms with van der Waals surface area (Å²) in [5.74, 6) is -1.86. The van der Waals surface area contributed by atoms with Crippen LogP contribution in [0, 0.1) is 0 Å². The van der Waals surface area contributed by atoms with E-state index in [2.05, 4.69) is 0 Å². The third-order valence-corrected chi connectivity index (χ3v) is 3.72. The fourth-order valence-electron chi connectivity index (χ4n) is 2.44. The minimum absolute atomic E-state index is 0.0115. The number of ether oxygens (including phenoxy) is 4. The molecule has 116 valence electrons. The summed E-state index contributed by atoms with van der Waals surface area (Å²) in [5, 5.41) is 9.52. The Hall–Kier alpha value is -1.63. The fraction of sp³-hybridized carbons (Fsp3) is 0.533. The van der Waals surface area contributed by atoms with Crippen molar-refractivity contribution in [3.63, 3.8) is 0 Å². The zero-order valence-corrected chi connectivity index (χ0v) is 12.4. The van der Waals surface area contributed by atoms with E-state index < -0.39 is 11.8 Å². The number of hydrogen-bond acceptors (Lipinski definition) is 5. The fourth-order valence-corrected chi connectivity index (χ4v) is 2.44. The molecule has 1 fully saturated rings. The summed E-state index contributed by atoms with van der Waals surface area (Å²) in [6.45, 7) is 4.70. The molecule has 1 aliphatic heterocycles. The summed E-state index contributed by atoms with van der Waals surface area (Å²) in [5.41, 5.74) is 0.725. The molecule has 1 saturated heterocycles. The van der Waals surface area contributed by atoms with Crippen molar-refractivity contribution in [1.82, 2.24) is 0 Å². The Morgan fingerprint density at radius 2 is 2.10 bits per heavy atom. The smallest absolute Gasteiger partial charge is 0.339 e. The molecule has 1 heterocycles. The zero-order valence-electron chi connectivity index (χ0n) is 12.4. The Morgan fingerprint density at radius 3 is 2.67 bits per heavy atom. The zero-order chi connectivity index (χ0) is 15.5. The molecule has 1 aromatic rings. The minimum atomic E-state index is -1.05. The van der Waals surface area contributed by atoms with E-state index in [0.717, 1.165) is 0 Å². The number of methoxy groups -OCH3 is 1. The van der Waals surface area contributed by atoms with Crippen molar-refractivity contribution in [2.24, 2.45) is 0 Å². The molecule has 0 aromatic heterocycles. The molecule has 1 unspecified atom stereocenters. The second-order valence-corrected chi connectivity index (χ2v) is 5.01. The molecule has 0 bridgehead atoms. The number of benzene rings is 1. The molecule has 1 aromatic carbocycles. The van der Waals surface area contributed by atoms with Crippen LogP contribution in [-0.4, -0.2) is 44.0 Å². The Kier molecular flexibility index (Phi) is 4.82. The maximum atomic E-state index is 11.6. The van der Waals surface area contributed by atoms with Gasteiger partial charge in [0, 0.05) is 13.0 Å². The van der Waals surface area contributed by atoms with Crippen molar-refractivity contribution in [2.45, 2.75) is 25.6 Å². The topological polar surface area (TPSA) is 74.2 Å². The van der Waals surface area contributed by atoms with Crippen LogP contribution in [0.4, 0.5) is 0 Å². The molecule has 0 spiro atoms. The lowest BCUT2D eigenvalue weighted by atomic mass is 9.89. The maximum Gasteiger partial charge on any atom is 0.339 e. The van der Waals surface area contributed by atoms with E-state index in [4.69, 9.17) is 18.9 Å². The van der Waals surface area contributed by atoms with Gasteiger partial charge in [-0.1, -0.05) is 19.1 Å². The van der Waals surface area contributed by atoms with Crippen molar-refractivity contribution in [2.75, 3.05) is 27.1 Å². The van der Waals surface area contributed by atoms with Crippen molar-refractivity contribution >= 4 is 5.97 Å². The second kappa shape index (κ2) is 6.43. The summed E-state index contributed by atoms with van der Waals surface area (Å²) in [7, 11) is 1.48. The van der Waals surface area contributed by atoms with E-state index in [0.29, 0.717) is 18.8 Å². The highest BCUT2D eigenvalue weighted by atomic mass is 16.7. The quantitative estimate of drug-likeness (QED) is 0.811. The van der Waals surface area contributed by atoms with Crippen LogP contribution in [0.25, 0.3) is 0 Å². The number of carbonyl (C=O) groups is 1. The molecule has 21 heavy (non-hydrogen) atoms. The third kappa shape index (κ3) is 3.18. The van der Waals surface area contributed by atoms with E-state index in [1.54, 1.807) is 18.2 Å². The average molecular weight is 296 g/mol. The number of aromatic carboxylic acids is 1. The number of carboxylic acid groups (broad SMARTS) is 1. The van der Waals surface area contributed by atoms with E-state index >= 15 is 0 Å². The lowest BCUT2D eigenvalue weighted by Gasteiger charge is -2.31. The minimum Gasteiger partial charge on any atom is -0.478 e. The molecular weight excluding hydrogens is 276 g/mol. The van der Waals surface area contributed by atoms with Gasteiger partial charge in [-0.2, -0.15) is 0 Å². The first-order valence-electron chi connectivity index (χ1n) is 6.75. The highest BCUT2D eigenvalue weighted by Crippen LogP contribution is 2.38. The summed E-state index contributed by atoms with van der Waals surface area (Å²) >= 11 is 0. The molecule has 1 aliphatic rings. The molecule has 1 N–H and O–H groups in total. The van der Waals surface area contributed by atoms with E-state index in [1.807, 2.05) is 13.8 Å². The summed E-state index contributed by atoms with van der Waals surface area (Å²) in [6.07, 6.45) is 0. The Balaban J connectivity index is 2.40. The van der Waals surface area contributed by atoms with Crippen molar-refractivity contribution in [3.05, 3.63) is 29.3 Å². The van der Waals surface area contributed by atoms with Gasteiger partial charge in [0.15, 0.2) is 12.6 Å². The maximum absolute atomic E-state index is 11.6. The number of carboxylic acids is 1. The van der Waals surface area contributed by atoms with Crippen LogP contribution >= 0.6 is 0 Å². The molecule has 0 aliphatic carbocycles. The predicted molar refractivity (Wildman–Crippen MR) is 74.6 cm³/mol. The van der Waals surface area contributed by atoms with Gasteiger partial charge in [-0.25, -0.2) is 4.79 Å². The van der Waals surface area contributed by atoms with Crippen molar-refractivity contribution in [1.29, 1.82) is 0 Å². The highest BCUT2D eigenvalue weighted by Gasteiger charge is 2.40. The van der Waals surface area contributed by atoms with Crippen LogP contribution in [-0.2, 0) is 14.2 Å². The lowest BCUT2D eigenvalue weighted by Crippen LogP contribution is -2.33. The normalized spacial score (nSPS) is 18.4. The first kappa shape index (κ1) is 15.8.